The molecule has 0 aliphatic carbocycles. The maximum absolute atomic E-state index is 14.5. The molecule has 18 nitrogen and oxygen atoms in total. The maximum atomic E-state index is 14.5. The Kier molecular flexibility index (Phi) is 21.9. The second-order valence-electron chi connectivity index (χ2n) is 22.8. The number of hydrogen-bond donors (Lipinski definition) is 2. The van der Waals surface area contributed by atoms with Crippen molar-refractivity contribution >= 4 is 57.9 Å². The van der Waals surface area contributed by atoms with E-state index in [-0.39, 0.29) is 73.4 Å². The summed E-state index contributed by atoms with van der Waals surface area (Å²) in [6, 6.07) is 12.1. The third-order valence-corrected chi connectivity index (χ3v) is 20.0. The van der Waals surface area contributed by atoms with E-state index in [1.807, 2.05) is 80.0 Å². The van der Waals surface area contributed by atoms with E-state index >= 15 is 0 Å². The van der Waals surface area contributed by atoms with Gasteiger partial charge in [0, 0.05) is 73.3 Å². The van der Waals surface area contributed by atoms with Crippen LogP contribution in [0.25, 0.3) is 0 Å². The molecule has 4 atom stereocenters. The van der Waals surface area contributed by atoms with Crippen LogP contribution >= 0.6 is 0 Å². The summed E-state index contributed by atoms with van der Waals surface area (Å²) in [5.41, 5.74) is 12.3. The smallest absolute Gasteiger partial charge is 0.409 e. The Balaban J connectivity index is 1.11. The molecule has 4 heterocycles. The van der Waals surface area contributed by atoms with Crippen LogP contribution in [0.4, 0.5) is 11.4 Å². The monoisotopic (exact) mass is 1130 g/mol. The van der Waals surface area contributed by atoms with Crippen LogP contribution in [0.5, 0.6) is 17.2 Å². The predicted molar refractivity (Wildman–Crippen MR) is 317 cm³/mol. The van der Waals surface area contributed by atoms with Crippen molar-refractivity contribution in [1.29, 1.82) is 0 Å². The van der Waals surface area contributed by atoms with E-state index in [1.165, 1.54) is 14.5 Å². The van der Waals surface area contributed by atoms with Crippen LogP contribution in [0.1, 0.15) is 117 Å². The minimum absolute atomic E-state index is 0.0330. The zero-order valence-corrected chi connectivity index (χ0v) is 50.3. The zero-order chi connectivity index (χ0) is 58.6. The van der Waals surface area contributed by atoms with E-state index in [0.29, 0.717) is 117 Å². The summed E-state index contributed by atoms with van der Waals surface area (Å²) in [6.45, 7) is 24.4. The highest BCUT2D eigenvalue weighted by Gasteiger charge is 2.49. The van der Waals surface area contributed by atoms with Gasteiger partial charge in [-0.2, -0.15) is 0 Å². The van der Waals surface area contributed by atoms with Crippen molar-refractivity contribution in [1.82, 2.24) is 9.80 Å². The Morgan fingerprint density at radius 3 is 1.91 bits per heavy atom. The SMILES string of the molecule is COc1cc2c(cc1OCc1cc(C#CCCC(=O)CCOCCOCCOCCOCCN)cc(COc3cc4c(cc3C)C(=O)N3C=C(C)C[C@H]3[C@H](O[Si](C)(C)C(C)(C)C)N4[B]C=O)c1)N(B(C)O)[C@@H](C)[C@@H]1CC(C)=CN1C2=O. The van der Waals surface area contributed by atoms with Crippen molar-refractivity contribution in [3.05, 3.63) is 99.4 Å². The van der Waals surface area contributed by atoms with Gasteiger partial charge in [0.25, 0.3) is 11.8 Å². The van der Waals surface area contributed by atoms with Gasteiger partial charge in [-0.3, -0.25) is 14.4 Å². The van der Waals surface area contributed by atoms with E-state index in [9.17, 15) is 24.2 Å². The highest BCUT2D eigenvalue weighted by Crippen LogP contribution is 2.45. The van der Waals surface area contributed by atoms with E-state index in [0.717, 1.165) is 34.0 Å². The molecule has 1 radical (unpaired) electrons. The van der Waals surface area contributed by atoms with E-state index < -0.39 is 21.6 Å². The zero-order valence-electron chi connectivity index (χ0n) is 49.3. The Bertz CT molecular complexity index is 2870. The maximum Gasteiger partial charge on any atom is 0.409 e. The van der Waals surface area contributed by atoms with Crippen LogP contribution in [-0.2, 0) is 46.2 Å². The number of nitrogens with two attached hydrogens (primary N) is 1. The van der Waals surface area contributed by atoms with Crippen LogP contribution in [0.3, 0.4) is 0 Å². The average molecular weight is 1130 g/mol. The predicted octanol–water partition coefficient (Wildman–Crippen LogP) is 7.81. The molecule has 0 fully saturated rings. The van der Waals surface area contributed by atoms with Gasteiger partial charge in [0.1, 0.15) is 37.2 Å². The molecule has 81 heavy (non-hydrogen) atoms. The number of nitrogens with zero attached hydrogens (tertiary/aromatic N) is 4. The number of rotatable bonds is 28. The van der Waals surface area contributed by atoms with Gasteiger partial charge in [-0.15, -0.1) is 0 Å². The number of carbonyl (C=O) groups excluding carboxylic acids is 4. The largest absolute Gasteiger partial charge is 0.493 e. The van der Waals surface area contributed by atoms with Gasteiger partial charge in [0.15, 0.2) is 19.8 Å². The molecule has 7 rings (SSSR count). The first-order valence-electron chi connectivity index (χ1n) is 28.1. The van der Waals surface area contributed by atoms with Crippen molar-refractivity contribution in [2.24, 2.45) is 5.73 Å². The number of ketones is 1. The first kappa shape index (κ1) is 62.6. The molecule has 4 aliphatic heterocycles. The molecule has 3 N–H and O–H groups in total. The van der Waals surface area contributed by atoms with Gasteiger partial charge >= 0.3 is 14.5 Å². The summed E-state index contributed by atoms with van der Waals surface area (Å²) in [5.74, 6) is 7.35. The number of hydrogen-bond acceptors (Lipinski definition) is 16. The van der Waals surface area contributed by atoms with Crippen molar-refractivity contribution in [3.8, 4) is 29.1 Å². The Hall–Kier alpha value is -5.95. The summed E-state index contributed by atoms with van der Waals surface area (Å²) >= 11 is 0. The lowest BCUT2D eigenvalue weighted by molar-refractivity contribution is -0.120. The number of methoxy groups -OCH3 is 1. The van der Waals surface area contributed by atoms with E-state index in [2.05, 4.69) is 45.7 Å². The topological polar surface area (TPSA) is 201 Å². The highest BCUT2D eigenvalue weighted by atomic mass is 28.4. The quantitative estimate of drug-likeness (QED) is 0.0308. The molecule has 0 aromatic heterocycles. The molecule has 3 aromatic rings. The number of carbonyl (C=O) groups is 4. The summed E-state index contributed by atoms with van der Waals surface area (Å²) in [5, 5.41) is 11.1. The number of Topliss-reactive ketones (excluding diaryl/α,β-unsaturated/α-hetero) is 1. The van der Waals surface area contributed by atoms with Crippen molar-refractivity contribution in [3.63, 3.8) is 0 Å². The van der Waals surface area contributed by atoms with Gasteiger partial charge in [-0.05, 0) is 113 Å². The molecule has 0 spiro atoms. The Morgan fingerprint density at radius 2 is 1.33 bits per heavy atom. The molecule has 2 amide bonds. The van der Waals surface area contributed by atoms with Gasteiger partial charge in [0.05, 0.1) is 83.2 Å². The molecule has 0 saturated carbocycles. The van der Waals surface area contributed by atoms with Crippen LogP contribution in [-0.4, -0.2) is 152 Å². The second kappa shape index (κ2) is 28.4. The average Bonchev–Trinajstić information content (AvgIpc) is 3.32. The third-order valence-electron chi connectivity index (χ3n) is 15.5. The number of aryl methyl sites for hydroxylation is 1. The fraction of sp³-hybridized carbons (Fsp3) is 0.533. The van der Waals surface area contributed by atoms with Crippen molar-refractivity contribution in [2.75, 3.05) is 76.1 Å². The van der Waals surface area contributed by atoms with Gasteiger partial charge in [0.2, 0.25) is 0 Å². The lowest BCUT2D eigenvalue weighted by Gasteiger charge is -2.45. The minimum atomic E-state index is -2.46. The normalized spacial score (nSPS) is 18.6. The van der Waals surface area contributed by atoms with Crippen LogP contribution < -0.4 is 29.6 Å². The Labute approximate surface area is 481 Å². The minimum Gasteiger partial charge on any atom is -0.493 e. The van der Waals surface area contributed by atoms with Crippen molar-refractivity contribution in [2.45, 2.75) is 143 Å². The fourth-order valence-electron chi connectivity index (χ4n) is 10.3. The molecule has 4 aliphatic rings. The molecule has 0 saturated heterocycles. The number of benzene rings is 3. The third kappa shape index (κ3) is 15.6. The van der Waals surface area contributed by atoms with Crippen molar-refractivity contribution < 1.29 is 61.8 Å². The molecule has 0 bridgehead atoms. The number of ether oxygens (including phenoxy) is 7. The molecule has 435 valence electrons. The summed E-state index contributed by atoms with van der Waals surface area (Å²) in [7, 11) is -0.400. The Morgan fingerprint density at radius 1 is 0.778 bits per heavy atom. The first-order valence-corrected chi connectivity index (χ1v) is 31.0. The lowest BCUT2D eigenvalue weighted by Crippen LogP contribution is -2.57. The number of fused-ring (bicyclic) bond motifs is 4. The molecule has 21 heteroatoms. The van der Waals surface area contributed by atoms with Gasteiger partial charge in [-0.25, -0.2) is 0 Å². The van der Waals surface area contributed by atoms with Crippen LogP contribution in [0, 0.1) is 18.8 Å². The first-order chi connectivity index (χ1) is 38.7. The second-order valence-corrected chi connectivity index (χ2v) is 27.5. The summed E-state index contributed by atoms with van der Waals surface area (Å²) in [6.07, 6.45) is 6.00. The highest BCUT2D eigenvalue weighted by molar-refractivity contribution is 6.74. The number of anilines is 2. The van der Waals surface area contributed by atoms with E-state index in [1.54, 1.807) is 28.8 Å². The molecular weight excluding hydrogens is 1050 g/mol. The standard InChI is InChI=1S/C60H82B2N5O13Si/c1-40-26-50-43(4)67(62(8)72)52-34-56(55(73-9)32-49(52)58(71)64(50)35-40)79-38-46-30-44(14-12-13-15-47(69)16-18-74-20-22-76-24-25-77-23-21-75-19-17-63)29-45(31-46)37-78-54-33-51-48(28-42(54)3)57(70)65-36-41(2)27-53(65)59(66(51)61-39-68)80-81(10,11)60(5,6)7/h28-36,39,43,50,53,59,72H,13,15-27,37-38,63H2,1-11H3/t43-,50-,53-,59-/m0/s1. The van der Waals surface area contributed by atoms with E-state index in [4.69, 9.17) is 43.3 Å². The fourth-order valence-corrected chi connectivity index (χ4v) is 11.6. The lowest BCUT2D eigenvalue weighted by atomic mass is 9.80. The van der Waals surface area contributed by atoms with Gasteiger partial charge in [-0.1, -0.05) is 43.8 Å². The number of amides is 2. The molecule has 3 aromatic carbocycles. The summed E-state index contributed by atoms with van der Waals surface area (Å²) in [4.78, 5) is 61.2. The van der Waals surface area contributed by atoms with Gasteiger partial charge < -0.3 is 72.6 Å². The summed E-state index contributed by atoms with van der Waals surface area (Å²) < 4.78 is 48.1. The molecule has 0 unspecified atom stereocenters. The van der Waals surface area contributed by atoms with Crippen LogP contribution in [0.2, 0.25) is 25.0 Å². The van der Waals surface area contributed by atoms with Crippen LogP contribution in [0.15, 0.2) is 66.0 Å². The molecular formula is C60H82B2N5O13Si.